The van der Waals surface area contributed by atoms with Crippen LogP contribution >= 0.6 is 11.6 Å². The second-order valence-corrected chi connectivity index (χ2v) is 10.6. The molecule has 1 aromatic rings. The molecule has 1 N–H and O–H groups in total. The summed E-state index contributed by atoms with van der Waals surface area (Å²) in [5, 5.41) is 4.25. The summed E-state index contributed by atoms with van der Waals surface area (Å²) in [6.45, 7) is 5.84. The van der Waals surface area contributed by atoms with Gasteiger partial charge in [-0.3, -0.25) is 4.79 Å². The van der Waals surface area contributed by atoms with Crippen LogP contribution in [0.3, 0.4) is 0 Å². The number of carbonyl (C=O) groups excluding carboxylic acids is 1. The highest BCUT2D eigenvalue weighted by atomic mass is 35.5. The van der Waals surface area contributed by atoms with Crippen molar-refractivity contribution in [1.82, 2.24) is 10.2 Å². The number of amides is 1. The zero-order valence-electron chi connectivity index (χ0n) is 18.7. The van der Waals surface area contributed by atoms with Crippen molar-refractivity contribution in [2.45, 2.75) is 89.5 Å². The number of nitrogens with one attached hydrogen (secondary N) is 1. The number of fused-ring (bicyclic) bond motifs is 1. The molecule has 0 bridgehead atoms. The minimum atomic E-state index is 0.292. The van der Waals surface area contributed by atoms with Crippen LogP contribution in [0, 0.1) is 11.8 Å². The zero-order valence-corrected chi connectivity index (χ0v) is 19.4. The van der Waals surface area contributed by atoms with E-state index in [1.165, 1.54) is 69.0 Å². The van der Waals surface area contributed by atoms with Gasteiger partial charge in [-0.1, -0.05) is 43.9 Å². The highest BCUT2D eigenvalue weighted by Crippen LogP contribution is 2.31. The van der Waals surface area contributed by atoms with Gasteiger partial charge in [-0.25, -0.2) is 0 Å². The van der Waals surface area contributed by atoms with E-state index in [4.69, 9.17) is 11.6 Å². The zero-order chi connectivity index (χ0) is 20.9. The molecule has 3 nitrogen and oxygen atoms in total. The van der Waals surface area contributed by atoms with E-state index in [0.717, 1.165) is 43.3 Å². The molecule has 1 aromatic carbocycles. The average molecular weight is 431 g/mol. The molecule has 0 unspecified atom stereocenters. The molecule has 0 spiro atoms. The largest absolute Gasteiger partial charge is 0.353 e. The van der Waals surface area contributed by atoms with Gasteiger partial charge in [0.1, 0.15) is 0 Å². The van der Waals surface area contributed by atoms with Gasteiger partial charge in [0.25, 0.3) is 0 Å². The summed E-state index contributed by atoms with van der Waals surface area (Å²) in [4.78, 5) is 15.2. The van der Waals surface area contributed by atoms with Crippen molar-refractivity contribution in [2.24, 2.45) is 11.8 Å². The fourth-order valence-electron chi connectivity index (χ4n) is 5.96. The first kappa shape index (κ1) is 22.1. The lowest BCUT2D eigenvalue weighted by Gasteiger charge is -2.32. The number of nitrogens with zero attached hydrogens (tertiary/aromatic N) is 1. The number of rotatable bonds is 5. The molecule has 1 aliphatic heterocycles. The van der Waals surface area contributed by atoms with Gasteiger partial charge in [-0.05, 0) is 93.0 Å². The van der Waals surface area contributed by atoms with E-state index in [9.17, 15) is 4.79 Å². The smallest absolute Gasteiger partial charge is 0.223 e. The van der Waals surface area contributed by atoms with Gasteiger partial charge in [0, 0.05) is 30.1 Å². The SMILES string of the molecule is C[C@H]1CN(CCC2CCC(NC(=O)C3CCCCC3)CC2)CCc2ccc(Cl)cc21. The second kappa shape index (κ2) is 10.5. The van der Waals surface area contributed by atoms with Gasteiger partial charge in [0.15, 0.2) is 0 Å². The van der Waals surface area contributed by atoms with Crippen molar-refractivity contribution < 1.29 is 4.79 Å². The molecule has 0 radical (unpaired) electrons. The molecule has 1 amide bonds. The van der Waals surface area contributed by atoms with E-state index in [1.807, 2.05) is 6.07 Å². The minimum absolute atomic E-state index is 0.292. The maximum atomic E-state index is 12.5. The van der Waals surface area contributed by atoms with E-state index in [2.05, 4.69) is 29.3 Å². The fourth-order valence-corrected chi connectivity index (χ4v) is 6.14. The van der Waals surface area contributed by atoms with Crippen molar-refractivity contribution >= 4 is 17.5 Å². The number of hydrogen-bond donors (Lipinski definition) is 1. The molecular weight excluding hydrogens is 392 g/mol. The number of halogens is 1. The van der Waals surface area contributed by atoms with Crippen LogP contribution in [0.5, 0.6) is 0 Å². The van der Waals surface area contributed by atoms with Crippen LogP contribution in [-0.2, 0) is 11.2 Å². The van der Waals surface area contributed by atoms with Crippen molar-refractivity contribution in [3.05, 3.63) is 34.3 Å². The second-order valence-electron chi connectivity index (χ2n) is 10.1. The molecule has 1 heterocycles. The molecule has 2 saturated carbocycles. The third kappa shape index (κ3) is 5.79. The minimum Gasteiger partial charge on any atom is -0.353 e. The van der Waals surface area contributed by atoms with Crippen LogP contribution < -0.4 is 5.32 Å². The Morgan fingerprint density at radius 3 is 2.63 bits per heavy atom. The first-order valence-corrected chi connectivity index (χ1v) is 12.8. The molecule has 166 valence electrons. The molecule has 2 fully saturated rings. The Labute approximate surface area is 187 Å². The average Bonchev–Trinajstić information content (AvgIpc) is 2.92. The Morgan fingerprint density at radius 1 is 1.10 bits per heavy atom. The standard InChI is InChI=1S/C26H39ClN2O/c1-19-18-29(16-14-21-9-10-23(27)17-25(19)21)15-13-20-7-11-24(12-8-20)28-26(30)22-5-3-2-4-6-22/h9-10,17,19-20,22,24H,2-8,11-16,18H2,1H3,(H,28,30)/t19-,20?,24?/m0/s1. The van der Waals surface area contributed by atoms with Gasteiger partial charge in [-0.15, -0.1) is 0 Å². The predicted molar refractivity (Wildman–Crippen MR) is 125 cm³/mol. The lowest BCUT2D eigenvalue weighted by Crippen LogP contribution is -2.41. The molecule has 3 aliphatic rings. The molecular formula is C26H39ClN2O. The van der Waals surface area contributed by atoms with Gasteiger partial charge in [0.05, 0.1) is 0 Å². The van der Waals surface area contributed by atoms with Crippen LogP contribution in [0.4, 0.5) is 0 Å². The maximum Gasteiger partial charge on any atom is 0.223 e. The van der Waals surface area contributed by atoms with Crippen LogP contribution in [0.25, 0.3) is 0 Å². The van der Waals surface area contributed by atoms with Crippen LogP contribution in [0.2, 0.25) is 5.02 Å². The van der Waals surface area contributed by atoms with E-state index >= 15 is 0 Å². The first-order chi connectivity index (χ1) is 14.6. The van der Waals surface area contributed by atoms with Gasteiger partial charge < -0.3 is 10.2 Å². The third-order valence-corrected chi connectivity index (χ3v) is 8.13. The summed E-state index contributed by atoms with van der Waals surface area (Å²) in [6.07, 6.45) is 13.3. The Bertz CT molecular complexity index is 707. The van der Waals surface area contributed by atoms with Crippen LogP contribution in [-0.4, -0.2) is 36.5 Å². The first-order valence-electron chi connectivity index (χ1n) is 12.4. The highest BCUT2D eigenvalue weighted by molar-refractivity contribution is 6.30. The number of benzene rings is 1. The Hall–Kier alpha value is -1.06. The fraction of sp³-hybridized carbons (Fsp3) is 0.731. The van der Waals surface area contributed by atoms with Crippen LogP contribution in [0.1, 0.15) is 88.2 Å². The van der Waals surface area contributed by atoms with Crippen molar-refractivity contribution in [2.75, 3.05) is 19.6 Å². The Balaban J connectivity index is 1.18. The van der Waals surface area contributed by atoms with Crippen LogP contribution in [0.15, 0.2) is 18.2 Å². The molecule has 4 rings (SSSR count). The summed E-state index contributed by atoms with van der Waals surface area (Å²) < 4.78 is 0. The Kier molecular flexibility index (Phi) is 7.75. The molecule has 30 heavy (non-hydrogen) atoms. The lowest BCUT2D eigenvalue weighted by molar-refractivity contribution is -0.126. The van der Waals surface area contributed by atoms with Crippen molar-refractivity contribution in [3.8, 4) is 0 Å². The third-order valence-electron chi connectivity index (χ3n) is 7.89. The maximum absolute atomic E-state index is 12.5. The summed E-state index contributed by atoms with van der Waals surface area (Å²) >= 11 is 6.24. The van der Waals surface area contributed by atoms with E-state index < -0.39 is 0 Å². The topological polar surface area (TPSA) is 32.3 Å². The summed E-state index contributed by atoms with van der Waals surface area (Å²) in [5.41, 5.74) is 2.92. The predicted octanol–water partition coefficient (Wildman–Crippen LogP) is 5.95. The molecule has 1 atom stereocenters. The molecule has 0 saturated heterocycles. The van der Waals surface area contributed by atoms with E-state index in [0.29, 0.717) is 23.8 Å². The normalized spacial score (nSPS) is 28.5. The summed E-state index contributed by atoms with van der Waals surface area (Å²) in [6, 6.07) is 6.86. The summed E-state index contributed by atoms with van der Waals surface area (Å²) in [5.74, 6) is 2.01. The van der Waals surface area contributed by atoms with E-state index in [-0.39, 0.29) is 0 Å². The number of hydrogen-bond acceptors (Lipinski definition) is 2. The monoisotopic (exact) mass is 430 g/mol. The lowest BCUT2D eigenvalue weighted by atomic mass is 9.83. The quantitative estimate of drug-likeness (QED) is 0.626. The molecule has 4 heteroatoms. The van der Waals surface area contributed by atoms with Crippen molar-refractivity contribution in [1.29, 1.82) is 0 Å². The van der Waals surface area contributed by atoms with Crippen molar-refractivity contribution in [3.63, 3.8) is 0 Å². The number of carbonyl (C=O) groups is 1. The highest BCUT2D eigenvalue weighted by Gasteiger charge is 2.27. The Morgan fingerprint density at radius 2 is 1.87 bits per heavy atom. The van der Waals surface area contributed by atoms with E-state index in [1.54, 1.807) is 0 Å². The van der Waals surface area contributed by atoms with Gasteiger partial charge in [0.2, 0.25) is 5.91 Å². The summed E-state index contributed by atoms with van der Waals surface area (Å²) in [7, 11) is 0. The van der Waals surface area contributed by atoms with Gasteiger partial charge in [-0.2, -0.15) is 0 Å². The molecule has 0 aromatic heterocycles. The van der Waals surface area contributed by atoms with Gasteiger partial charge >= 0.3 is 0 Å². The molecule has 2 aliphatic carbocycles.